The number of fused-ring (bicyclic) bond motifs is 1. The maximum atomic E-state index is 12.9. The van der Waals surface area contributed by atoms with Gasteiger partial charge in [0, 0.05) is 26.2 Å². The van der Waals surface area contributed by atoms with Crippen molar-refractivity contribution in [3.63, 3.8) is 0 Å². The van der Waals surface area contributed by atoms with Crippen molar-refractivity contribution in [3.05, 3.63) is 16.3 Å². The van der Waals surface area contributed by atoms with Crippen LogP contribution in [0.15, 0.2) is 0 Å². The average Bonchev–Trinajstić information content (AvgIpc) is 3.23. The number of likely N-dealkylation sites (tertiary alicyclic amines) is 1. The smallest absolute Gasteiger partial charge is 0.264 e. The Morgan fingerprint density at radius 2 is 1.76 bits per heavy atom. The molecule has 2 aromatic heterocycles. The highest BCUT2D eigenvalue weighted by atomic mass is 32.1. The van der Waals surface area contributed by atoms with E-state index in [2.05, 4.69) is 23.7 Å². The van der Waals surface area contributed by atoms with Gasteiger partial charge in [-0.05, 0) is 51.0 Å². The van der Waals surface area contributed by atoms with Gasteiger partial charge in [0.15, 0.2) is 0 Å². The third kappa shape index (κ3) is 3.01. The molecule has 6 heteroatoms. The number of amides is 1. The van der Waals surface area contributed by atoms with Gasteiger partial charge in [0.25, 0.3) is 5.91 Å². The van der Waals surface area contributed by atoms with E-state index in [9.17, 15) is 4.79 Å². The lowest BCUT2D eigenvalue weighted by Crippen LogP contribution is -2.33. The molecule has 0 atom stereocenters. The Morgan fingerprint density at radius 1 is 1.08 bits per heavy atom. The number of anilines is 1. The summed E-state index contributed by atoms with van der Waals surface area (Å²) in [6.07, 6.45) is 4.64. The van der Waals surface area contributed by atoms with Crippen LogP contribution >= 0.6 is 11.3 Å². The molecule has 2 aliphatic rings. The lowest BCUT2D eigenvalue weighted by molar-refractivity contribution is 0.0797. The summed E-state index contributed by atoms with van der Waals surface area (Å²) < 4.78 is 0. The number of rotatable bonds is 2. The predicted molar refractivity (Wildman–Crippen MR) is 103 cm³/mol. The van der Waals surface area contributed by atoms with E-state index in [-0.39, 0.29) is 5.91 Å². The lowest BCUT2D eigenvalue weighted by atomic mass is 9.99. The molecule has 0 spiro atoms. The highest BCUT2D eigenvalue weighted by Crippen LogP contribution is 2.37. The van der Waals surface area contributed by atoms with Crippen LogP contribution in [-0.4, -0.2) is 47.0 Å². The van der Waals surface area contributed by atoms with Crippen molar-refractivity contribution in [1.82, 2.24) is 14.9 Å². The maximum absolute atomic E-state index is 12.9. The number of carbonyl (C=O) groups is 1. The number of hydrogen-bond acceptors (Lipinski definition) is 5. The molecule has 1 amide bonds. The minimum atomic E-state index is 0.175. The minimum Gasteiger partial charge on any atom is -0.356 e. The third-order valence-corrected chi connectivity index (χ3v) is 6.73. The number of carbonyl (C=O) groups excluding carboxylic acids is 1. The Kier molecular flexibility index (Phi) is 4.40. The number of thiophene rings is 1. The van der Waals surface area contributed by atoms with Crippen molar-refractivity contribution in [1.29, 1.82) is 0 Å². The van der Waals surface area contributed by atoms with E-state index < -0.39 is 0 Å². The monoisotopic (exact) mass is 358 g/mol. The highest BCUT2D eigenvalue weighted by Gasteiger charge is 2.27. The van der Waals surface area contributed by atoms with Gasteiger partial charge in [-0.3, -0.25) is 4.79 Å². The van der Waals surface area contributed by atoms with Crippen LogP contribution in [0, 0.1) is 19.8 Å². The van der Waals surface area contributed by atoms with Crippen molar-refractivity contribution in [2.75, 3.05) is 31.1 Å². The largest absolute Gasteiger partial charge is 0.356 e. The summed E-state index contributed by atoms with van der Waals surface area (Å²) >= 11 is 1.54. The molecule has 4 heterocycles. The van der Waals surface area contributed by atoms with Crippen molar-refractivity contribution in [2.24, 2.45) is 5.92 Å². The summed E-state index contributed by atoms with van der Waals surface area (Å²) in [5.74, 6) is 2.78. The minimum absolute atomic E-state index is 0.175. The summed E-state index contributed by atoms with van der Waals surface area (Å²) in [6.45, 7) is 10.2. The van der Waals surface area contributed by atoms with Crippen LogP contribution in [0.2, 0.25) is 0 Å². The van der Waals surface area contributed by atoms with E-state index in [0.29, 0.717) is 0 Å². The van der Waals surface area contributed by atoms with Crippen molar-refractivity contribution < 1.29 is 4.79 Å². The molecule has 2 aliphatic heterocycles. The first-order valence-corrected chi connectivity index (χ1v) is 10.2. The first-order chi connectivity index (χ1) is 12.0. The van der Waals surface area contributed by atoms with E-state index in [0.717, 1.165) is 77.2 Å². The molecule has 2 aromatic rings. The van der Waals surface area contributed by atoms with Gasteiger partial charge in [-0.25, -0.2) is 9.97 Å². The quantitative estimate of drug-likeness (QED) is 0.820. The first kappa shape index (κ1) is 16.8. The van der Waals surface area contributed by atoms with Gasteiger partial charge in [0.1, 0.15) is 16.5 Å². The van der Waals surface area contributed by atoms with E-state index in [1.54, 1.807) is 11.3 Å². The van der Waals surface area contributed by atoms with Gasteiger partial charge >= 0.3 is 0 Å². The normalized spacial score (nSPS) is 19.2. The SMILES string of the molecule is Cc1nc(N2CCC(C)CC2)c2c(C)c(C(=O)N3CCCC3)sc2n1. The van der Waals surface area contributed by atoms with Gasteiger partial charge in [-0.2, -0.15) is 0 Å². The summed E-state index contributed by atoms with van der Waals surface area (Å²) in [5, 5.41) is 1.09. The molecule has 2 saturated heterocycles. The van der Waals surface area contributed by atoms with Crippen LogP contribution < -0.4 is 4.90 Å². The van der Waals surface area contributed by atoms with Crippen molar-refractivity contribution in [2.45, 2.75) is 46.5 Å². The summed E-state index contributed by atoms with van der Waals surface area (Å²) in [4.78, 5) is 28.5. The van der Waals surface area contributed by atoms with E-state index in [1.807, 2.05) is 11.8 Å². The zero-order valence-corrected chi connectivity index (χ0v) is 16.2. The van der Waals surface area contributed by atoms with Crippen LogP contribution in [0.5, 0.6) is 0 Å². The van der Waals surface area contributed by atoms with E-state index in [1.165, 1.54) is 12.8 Å². The maximum Gasteiger partial charge on any atom is 0.264 e. The van der Waals surface area contributed by atoms with Gasteiger partial charge < -0.3 is 9.80 Å². The van der Waals surface area contributed by atoms with Crippen LogP contribution in [0.25, 0.3) is 10.2 Å². The molecule has 0 bridgehead atoms. The fraction of sp³-hybridized carbons (Fsp3) is 0.632. The Balaban J connectivity index is 1.77. The molecule has 0 radical (unpaired) electrons. The van der Waals surface area contributed by atoms with Crippen molar-refractivity contribution >= 4 is 33.3 Å². The summed E-state index contributed by atoms with van der Waals surface area (Å²) in [6, 6.07) is 0. The molecule has 0 aliphatic carbocycles. The van der Waals surface area contributed by atoms with Gasteiger partial charge in [-0.15, -0.1) is 11.3 Å². The summed E-state index contributed by atoms with van der Waals surface area (Å²) in [5.41, 5.74) is 1.06. The Labute approximate surface area is 153 Å². The number of hydrogen-bond donors (Lipinski definition) is 0. The first-order valence-electron chi connectivity index (χ1n) is 9.36. The fourth-order valence-corrected chi connectivity index (χ4v) is 5.13. The molecule has 2 fully saturated rings. The Bertz CT molecular complexity index is 801. The molecule has 5 nitrogen and oxygen atoms in total. The second kappa shape index (κ2) is 6.56. The third-order valence-electron chi connectivity index (χ3n) is 5.55. The summed E-state index contributed by atoms with van der Waals surface area (Å²) in [7, 11) is 0. The van der Waals surface area contributed by atoms with E-state index in [4.69, 9.17) is 4.98 Å². The number of aryl methyl sites for hydroxylation is 2. The Hall–Kier alpha value is -1.69. The predicted octanol–water partition coefficient (Wildman–Crippen LogP) is 3.78. The molecule has 0 saturated carbocycles. The molecule has 25 heavy (non-hydrogen) atoms. The van der Waals surface area contributed by atoms with Crippen LogP contribution in [0.3, 0.4) is 0 Å². The van der Waals surface area contributed by atoms with E-state index >= 15 is 0 Å². The highest BCUT2D eigenvalue weighted by molar-refractivity contribution is 7.20. The van der Waals surface area contributed by atoms with Gasteiger partial charge in [-0.1, -0.05) is 6.92 Å². The molecule has 0 unspecified atom stereocenters. The van der Waals surface area contributed by atoms with Crippen molar-refractivity contribution in [3.8, 4) is 0 Å². The molecule has 0 N–H and O–H groups in total. The van der Waals surface area contributed by atoms with Gasteiger partial charge in [0.05, 0.1) is 10.3 Å². The average molecular weight is 359 g/mol. The van der Waals surface area contributed by atoms with Crippen LogP contribution in [0.4, 0.5) is 5.82 Å². The zero-order chi connectivity index (χ0) is 17.6. The molecular formula is C19H26N4OS. The van der Waals surface area contributed by atoms with Crippen LogP contribution in [0.1, 0.15) is 53.7 Å². The van der Waals surface area contributed by atoms with Gasteiger partial charge in [0.2, 0.25) is 0 Å². The molecular weight excluding hydrogens is 332 g/mol. The second-order valence-electron chi connectivity index (χ2n) is 7.50. The standard InChI is InChI=1S/C19H26N4OS/c1-12-6-10-22(11-7-12)17-15-13(2)16(19(24)23-8-4-5-9-23)25-18(15)21-14(3)20-17/h12H,4-11H2,1-3H3. The zero-order valence-electron chi connectivity index (χ0n) is 15.3. The number of nitrogens with zero attached hydrogens (tertiary/aromatic N) is 4. The second-order valence-corrected chi connectivity index (χ2v) is 8.50. The lowest BCUT2D eigenvalue weighted by Gasteiger charge is -2.31. The topological polar surface area (TPSA) is 49.3 Å². The van der Waals surface area contributed by atoms with Crippen LogP contribution in [-0.2, 0) is 0 Å². The molecule has 4 rings (SSSR count). The number of piperidine rings is 1. The number of aromatic nitrogens is 2. The Morgan fingerprint density at radius 3 is 2.44 bits per heavy atom. The molecule has 134 valence electrons. The fourth-order valence-electron chi connectivity index (χ4n) is 3.94. The molecule has 0 aromatic carbocycles.